The van der Waals surface area contributed by atoms with Crippen molar-refractivity contribution in [3.8, 4) is 0 Å². The number of sulfonamides is 1. The Kier molecular flexibility index (Phi) is 5.94. The zero-order valence-electron chi connectivity index (χ0n) is 19.2. The molecule has 0 aliphatic heterocycles. The van der Waals surface area contributed by atoms with Gasteiger partial charge in [0.2, 0.25) is 5.09 Å². The van der Waals surface area contributed by atoms with Crippen LogP contribution in [0.2, 0.25) is 0 Å². The van der Waals surface area contributed by atoms with Crippen LogP contribution in [0.4, 0.5) is 14.9 Å². The first-order valence-electron chi connectivity index (χ1n) is 11.9. The molecule has 0 bridgehead atoms. The minimum Gasteiger partial charge on any atom is -0.448 e. The normalized spacial score (nSPS) is 18.3. The first-order valence-corrected chi connectivity index (χ1v) is 13.4. The van der Waals surface area contributed by atoms with Crippen molar-refractivity contribution >= 4 is 21.7 Å². The lowest BCUT2D eigenvalue weighted by atomic mass is 9.80. The predicted octanol–water partition coefficient (Wildman–Crippen LogP) is 3.22. The Bertz CT molecular complexity index is 1210. The van der Waals surface area contributed by atoms with Crippen LogP contribution in [0.1, 0.15) is 65.7 Å². The molecule has 0 saturated heterocycles. The third kappa shape index (κ3) is 4.23. The molecule has 184 valence electrons. The van der Waals surface area contributed by atoms with E-state index in [9.17, 15) is 22.7 Å². The lowest BCUT2D eigenvalue weighted by Gasteiger charge is -2.36. The minimum absolute atomic E-state index is 0.157. The molecule has 1 saturated carbocycles. The standard InChI is InChI=1S/C24H30FN3O5S/c1-14-15(12-26-13-24(30)9-4-10-24)11-20(33-14)34(31,32)28-23(29)27-22-18-7-2-5-16(18)21(25)17-6-3-8-19(17)22/h11,26,30H,2-10,12-13H2,1H3,(H2,27,28,29). The SMILES string of the molecule is Cc1oc(S(=O)(=O)NC(=O)Nc2c3c(c(F)c4c2CCC4)CCC3)cc1CNCC1(O)CCC1. The Balaban J connectivity index is 1.28. The Morgan fingerprint density at radius 1 is 1.09 bits per heavy atom. The van der Waals surface area contributed by atoms with Crippen molar-refractivity contribution in [2.24, 2.45) is 0 Å². The third-order valence-corrected chi connectivity index (χ3v) is 8.54. The largest absolute Gasteiger partial charge is 0.448 e. The summed E-state index contributed by atoms with van der Waals surface area (Å²) in [5, 5.41) is 15.7. The van der Waals surface area contributed by atoms with Gasteiger partial charge in [-0.05, 0) is 87.0 Å². The number of hydrogen-bond acceptors (Lipinski definition) is 6. The molecule has 2 amide bonds. The summed E-state index contributed by atoms with van der Waals surface area (Å²) >= 11 is 0. The molecule has 1 heterocycles. The number of halogens is 1. The summed E-state index contributed by atoms with van der Waals surface area (Å²) in [5.41, 5.74) is 3.35. The molecule has 8 nitrogen and oxygen atoms in total. The fourth-order valence-electron chi connectivity index (χ4n) is 5.34. The number of urea groups is 1. The lowest BCUT2D eigenvalue weighted by molar-refractivity contribution is -0.0315. The number of hydrogen-bond donors (Lipinski definition) is 4. The van der Waals surface area contributed by atoms with Crippen LogP contribution in [-0.4, -0.2) is 31.7 Å². The van der Waals surface area contributed by atoms with Gasteiger partial charge in [-0.2, -0.15) is 8.42 Å². The minimum atomic E-state index is -4.24. The number of furan rings is 1. The van der Waals surface area contributed by atoms with Crippen LogP contribution in [0.25, 0.3) is 0 Å². The molecule has 1 aromatic carbocycles. The molecule has 10 heteroatoms. The summed E-state index contributed by atoms with van der Waals surface area (Å²) in [6.07, 6.45) is 6.70. The number of nitrogens with one attached hydrogen (secondary N) is 3. The number of aliphatic hydroxyl groups is 1. The van der Waals surface area contributed by atoms with Crippen molar-refractivity contribution in [3.05, 3.63) is 45.5 Å². The van der Waals surface area contributed by atoms with Gasteiger partial charge in [-0.1, -0.05) is 0 Å². The van der Waals surface area contributed by atoms with Crippen LogP contribution in [0.15, 0.2) is 15.6 Å². The van der Waals surface area contributed by atoms with Gasteiger partial charge in [0.05, 0.1) is 5.60 Å². The maximum absolute atomic E-state index is 14.8. The first-order chi connectivity index (χ1) is 16.2. The fraction of sp³-hybridized carbons (Fsp3) is 0.542. The number of carbonyl (C=O) groups is 1. The van der Waals surface area contributed by atoms with E-state index in [2.05, 4.69) is 10.6 Å². The monoisotopic (exact) mass is 491 g/mol. The molecule has 4 N–H and O–H groups in total. The number of rotatable bonds is 7. The maximum Gasteiger partial charge on any atom is 0.333 e. The molecule has 3 aliphatic carbocycles. The molecule has 1 aromatic heterocycles. The second-order valence-electron chi connectivity index (χ2n) is 9.70. The van der Waals surface area contributed by atoms with E-state index in [-0.39, 0.29) is 10.9 Å². The Morgan fingerprint density at radius 3 is 2.29 bits per heavy atom. The number of amides is 2. The number of fused-ring (bicyclic) bond motifs is 2. The summed E-state index contributed by atoms with van der Waals surface area (Å²) in [7, 11) is -4.24. The van der Waals surface area contributed by atoms with Crippen molar-refractivity contribution in [2.45, 2.75) is 81.9 Å². The van der Waals surface area contributed by atoms with E-state index in [0.717, 1.165) is 43.2 Å². The van der Waals surface area contributed by atoms with Crippen LogP contribution in [0.3, 0.4) is 0 Å². The average molecular weight is 492 g/mol. The molecule has 0 unspecified atom stereocenters. The Hall–Kier alpha value is -2.43. The molecule has 2 aromatic rings. The van der Waals surface area contributed by atoms with Gasteiger partial charge in [0.15, 0.2) is 0 Å². The Labute approximate surface area is 198 Å². The quantitative estimate of drug-likeness (QED) is 0.472. The van der Waals surface area contributed by atoms with E-state index in [4.69, 9.17) is 4.42 Å². The van der Waals surface area contributed by atoms with Crippen molar-refractivity contribution in [1.82, 2.24) is 10.0 Å². The third-order valence-electron chi connectivity index (χ3n) is 7.35. The molecule has 0 atom stereocenters. The highest BCUT2D eigenvalue weighted by Crippen LogP contribution is 2.41. The van der Waals surface area contributed by atoms with Crippen LogP contribution in [0.5, 0.6) is 0 Å². The van der Waals surface area contributed by atoms with Crippen LogP contribution >= 0.6 is 0 Å². The van der Waals surface area contributed by atoms with Gasteiger partial charge in [0, 0.05) is 30.4 Å². The molecule has 0 radical (unpaired) electrons. The van der Waals surface area contributed by atoms with Gasteiger partial charge >= 0.3 is 6.03 Å². The molecular formula is C24H30FN3O5S. The molecule has 5 rings (SSSR count). The maximum atomic E-state index is 14.8. The first kappa shape index (κ1) is 23.3. The molecule has 0 spiro atoms. The highest BCUT2D eigenvalue weighted by molar-refractivity contribution is 7.89. The van der Waals surface area contributed by atoms with Gasteiger partial charge < -0.3 is 20.2 Å². The van der Waals surface area contributed by atoms with Crippen molar-refractivity contribution in [1.29, 1.82) is 0 Å². The van der Waals surface area contributed by atoms with E-state index in [1.54, 1.807) is 6.92 Å². The van der Waals surface area contributed by atoms with Crippen LogP contribution in [-0.2, 0) is 42.3 Å². The lowest BCUT2D eigenvalue weighted by Crippen LogP contribution is -2.46. The summed E-state index contributed by atoms with van der Waals surface area (Å²) in [6, 6.07) is 0.492. The van der Waals surface area contributed by atoms with E-state index in [1.807, 2.05) is 4.72 Å². The van der Waals surface area contributed by atoms with Crippen LogP contribution < -0.4 is 15.4 Å². The number of benzene rings is 1. The zero-order valence-corrected chi connectivity index (χ0v) is 20.0. The van der Waals surface area contributed by atoms with Gasteiger partial charge in [-0.3, -0.25) is 0 Å². The van der Waals surface area contributed by atoms with Crippen molar-refractivity contribution in [2.75, 3.05) is 11.9 Å². The molecular weight excluding hydrogens is 461 g/mol. The van der Waals surface area contributed by atoms with Crippen LogP contribution in [0, 0.1) is 12.7 Å². The predicted molar refractivity (Wildman–Crippen MR) is 124 cm³/mol. The highest BCUT2D eigenvalue weighted by atomic mass is 32.2. The Morgan fingerprint density at radius 2 is 1.71 bits per heavy atom. The average Bonchev–Trinajstić information content (AvgIpc) is 3.50. The van der Waals surface area contributed by atoms with E-state index in [0.29, 0.717) is 66.9 Å². The van der Waals surface area contributed by atoms with Gasteiger partial charge in [0.1, 0.15) is 11.6 Å². The summed E-state index contributed by atoms with van der Waals surface area (Å²) in [6.45, 7) is 2.42. The van der Waals surface area contributed by atoms with Gasteiger partial charge in [-0.25, -0.2) is 13.9 Å². The molecule has 3 aliphatic rings. The van der Waals surface area contributed by atoms with E-state index >= 15 is 0 Å². The van der Waals surface area contributed by atoms with Crippen molar-refractivity contribution in [3.63, 3.8) is 0 Å². The fourth-order valence-corrected chi connectivity index (χ4v) is 6.27. The van der Waals surface area contributed by atoms with E-state index < -0.39 is 21.7 Å². The second kappa shape index (κ2) is 8.66. The number of aryl methyl sites for hydroxylation is 1. The van der Waals surface area contributed by atoms with Gasteiger partial charge in [-0.15, -0.1) is 0 Å². The van der Waals surface area contributed by atoms with E-state index in [1.165, 1.54) is 6.07 Å². The summed E-state index contributed by atoms with van der Waals surface area (Å²) in [5.74, 6) is 0.262. The van der Waals surface area contributed by atoms with Gasteiger partial charge in [0.25, 0.3) is 10.0 Å². The molecule has 1 fully saturated rings. The number of carbonyl (C=O) groups excluding carboxylic acids is 1. The smallest absolute Gasteiger partial charge is 0.333 e. The van der Waals surface area contributed by atoms with Crippen molar-refractivity contribution < 1.29 is 27.1 Å². The summed E-state index contributed by atoms with van der Waals surface area (Å²) in [4.78, 5) is 12.7. The second-order valence-corrected chi connectivity index (χ2v) is 11.3. The highest BCUT2D eigenvalue weighted by Gasteiger charge is 2.34. The summed E-state index contributed by atoms with van der Waals surface area (Å²) < 4.78 is 48.0. The number of anilines is 1. The zero-order chi connectivity index (χ0) is 24.1. The molecule has 34 heavy (non-hydrogen) atoms. The topological polar surface area (TPSA) is 121 Å².